The molecule has 0 saturated carbocycles. The Bertz CT molecular complexity index is 1810. The van der Waals surface area contributed by atoms with E-state index in [1.54, 1.807) is 0 Å². The van der Waals surface area contributed by atoms with Crippen molar-refractivity contribution in [3.05, 3.63) is 108 Å². The van der Waals surface area contributed by atoms with Crippen molar-refractivity contribution < 1.29 is 30.0 Å². The maximum atomic E-state index is 11.7. The third-order valence-corrected chi connectivity index (χ3v) is 9.20. The average molecular weight is 776 g/mol. The van der Waals surface area contributed by atoms with Crippen LogP contribution in [0.5, 0.6) is 0 Å². The van der Waals surface area contributed by atoms with Gasteiger partial charge in [0.2, 0.25) is 0 Å². The Balaban J connectivity index is 0.000000249. The first-order chi connectivity index (χ1) is 21.2. The van der Waals surface area contributed by atoms with Gasteiger partial charge in [0, 0.05) is 60.4 Å². The van der Waals surface area contributed by atoms with Crippen LogP contribution in [0.2, 0.25) is 0 Å². The van der Waals surface area contributed by atoms with E-state index in [1.165, 1.54) is 22.4 Å². The SMILES string of the molecule is CC1(C)c2nc3c(-c4ccccc4)cccc3nc2-c2[c-]ccc3cccc1c23.CCC(CC)C(=O)/C=C(\O)C(CC)CC.[Ir]. The molecule has 0 fully saturated rings. The summed E-state index contributed by atoms with van der Waals surface area (Å²) < 4.78 is 0. The van der Waals surface area contributed by atoms with E-state index in [-0.39, 0.29) is 48.9 Å². The van der Waals surface area contributed by atoms with Gasteiger partial charge in [-0.3, -0.25) is 14.8 Å². The quantitative estimate of drug-likeness (QED) is 0.0969. The van der Waals surface area contributed by atoms with Crippen molar-refractivity contribution in [1.29, 1.82) is 0 Å². The molecule has 4 nitrogen and oxygen atoms in total. The molecule has 1 aliphatic rings. The van der Waals surface area contributed by atoms with Crippen LogP contribution >= 0.6 is 0 Å². The fourth-order valence-corrected chi connectivity index (χ4v) is 6.43. The summed E-state index contributed by atoms with van der Waals surface area (Å²) in [6.45, 7) is 12.6. The first-order valence-electron chi connectivity index (χ1n) is 16.0. The van der Waals surface area contributed by atoms with E-state index in [1.807, 2.05) is 39.8 Å². The number of hydrogen-bond donors (Lipinski definition) is 1. The summed E-state index contributed by atoms with van der Waals surface area (Å²) in [6.07, 6.45) is 4.91. The third-order valence-electron chi connectivity index (χ3n) is 9.20. The van der Waals surface area contributed by atoms with Crippen LogP contribution in [0.1, 0.15) is 78.5 Å². The van der Waals surface area contributed by atoms with Gasteiger partial charge in [-0.2, -0.15) is 0 Å². The minimum atomic E-state index is -0.234. The maximum absolute atomic E-state index is 11.7. The molecule has 4 aromatic carbocycles. The number of nitrogens with zero attached hydrogens (tertiary/aromatic N) is 2. The summed E-state index contributed by atoms with van der Waals surface area (Å²) in [5, 5.41) is 12.2. The van der Waals surface area contributed by atoms with Crippen LogP contribution in [0.3, 0.4) is 0 Å². The van der Waals surface area contributed by atoms with Crippen molar-refractivity contribution in [2.45, 2.75) is 72.6 Å². The molecule has 45 heavy (non-hydrogen) atoms. The van der Waals surface area contributed by atoms with Crippen molar-refractivity contribution in [1.82, 2.24) is 9.97 Å². The summed E-state index contributed by atoms with van der Waals surface area (Å²) in [4.78, 5) is 22.1. The number of carbonyl (C=O) groups is 1. The molecule has 1 heterocycles. The van der Waals surface area contributed by atoms with Crippen molar-refractivity contribution in [2.24, 2.45) is 11.8 Å². The number of aliphatic hydroxyl groups is 1. The van der Waals surface area contributed by atoms with Crippen LogP contribution in [-0.2, 0) is 30.3 Å². The van der Waals surface area contributed by atoms with Gasteiger partial charge in [0.15, 0.2) is 5.78 Å². The molecular weight excluding hydrogens is 733 g/mol. The van der Waals surface area contributed by atoms with Gasteiger partial charge in [0.05, 0.1) is 16.8 Å². The molecule has 0 spiro atoms. The van der Waals surface area contributed by atoms with Gasteiger partial charge in [-0.15, -0.1) is 29.1 Å². The molecule has 0 unspecified atom stereocenters. The number of para-hydroxylation sites is 1. The number of aliphatic hydroxyl groups excluding tert-OH is 1. The molecule has 0 atom stereocenters. The molecule has 1 aliphatic carbocycles. The Hall–Kier alpha value is -3.66. The van der Waals surface area contributed by atoms with Gasteiger partial charge >= 0.3 is 0 Å². The molecule has 6 rings (SSSR count). The van der Waals surface area contributed by atoms with Crippen molar-refractivity contribution in [3.63, 3.8) is 0 Å². The Morgan fingerprint density at radius 3 is 2.18 bits per heavy atom. The molecule has 0 saturated heterocycles. The fourth-order valence-electron chi connectivity index (χ4n) is 6.43. The molecule has 0 bridgehead atoms. The van der Waals surface area contributed by atoms with Gasteiger partial charge in [-0.25, -0.2) is 0 Å². The number of rotatable bonds is 8. The van der Waals surface area contributed by atoms with Gasteiger partial charge in [-0.05, 0) is 37.3 Å². The van der Waals surface area contributed by atoms with Crippen LogP contribution in [0, 0.1) is 17.9 Å². The Morgan fingerprint density at radius 2 is 1.51 bits per heavy atom. The van der Waals surface area contributed by atoms with Crippen molar-refractivity contribution >= 4 is 27.6 Å². The molecule has 1 radical (unpaired) electrons. The average Bonchev–Trinajstić information content (AvgIpc) is 3.04. The van der Waals surface area contributed by atoms with Crippen LogP contribution in [0.25, 0.3) is 44.2 Å². The molecule has 235 valence electrons. The predicted molar refractivity (Wildman–Crippen MR) is 183 cm³/mol. The Morgan fingerprint density at radius 1 is 0.844 bits per heavy atom. The smallest absolute Gasteiger partial charge is 0.162 e. The summed E-state index contributed by atoms with van der Waals surface area (Å²) >= 11 is 0. The molecule has 5 aromatic rings. The third kappa shape index (κ3) is 6.66. The fraction of sp³-hybridized carbons (Fsp3) is 0.325. The van der Waals surface area contributed by atoms with Crippen LogP contribution in [-0.4, -0.2) is 20.9 Å². The summed E-state index contributed by atoms with van der Waals surface area (Å²) in [7, 11) is 0. The van der Waals surface area contributed by atoms with Gasteiger partial charge < -0.3 is 5.11 Å². The van der Waals surface area contributed by atoms with E-state index in [9.17, 15) is 9.90 Å². The molecule has 1 aromatic heterocycles. The zero-order chi connectivity index (χ0) is 31.4. The number of benzene rings is 4. The zero-order valence-corrected chi connectivity index (χ0v) is 29.5. The van der Waals surface area contributed by atoms with Crippen LogP contribution < -0.4 is 0 Å². The standard InChI is InChI=1S/C27H19N2.C13H24O2.Ir/c1-27(2)21-15-7-12-18-11-6-14-20(23(18)21)25-26(27)29-24-19(13-8-16-22(24)28-25)17-9-4-3-5-10-17;1-5-10(6-2)12(14)9-13(15)11(7-3)8-4;/h3-13,15-16H,1-2H3;9-11,14H,5-8H2,1-4H3;/q-1;;/b;12-9-;. The number of carbonyl (C=O) groups excluding carboxylic acids is 1. The molecule has 0 amide bonds. The predicted octanol–water partition coefficient (Wildman–Crippen LogP) is 10.4. The number of aromatic nitrogens is 2. The normalized spacial score (nSPS) is 13.3. The number of hydrogen-bond acceptors (Lipinski definition) is 4. The van der Waals surface area contributed by atoms with E-state index in [0.29, 0.717) is 0 Å². The molecule has 5 heteroatoms. The molecule has 0 aliphatic heterocycles. The summed E-state index contributed by atoms with van der Waals surface area (Å²) in [5.41, 5.74) is 8.26. The number of allylic oxidation sites excluding steroid dienone is 2. The van der Waals surface area contributed by atoms with Crippen LogP contribution in [0.4, 0.5) is 0 Å². The van der Waals surface area contributed by atoms with E-state index in [4.69, 9.17) is 9.97 Å². The van der Waals surface area contributed by atoms with Crippen LogP contribution in [0.15, 0.2) is 90.7 Å². The topological polar surface area (TPSA) is 63.1 Å². The second kappa shape index (κ2) is 14.6. The summed E-state index contributed by atoms with van der Waals surface area (Å²) in [6, 6.07) is 30.8. The van der Waals surface area contributed by atoms with Gasteiger partial charge in [0.1, 0.15) is 0 Å². The molecular formula is C40H43IrN2O2-. The number of ketones is 1. The number of fused-ring (bicyclic) bond motifs is 3. The van der Waals surface area contributed by atoms with Crippen molar-refractivity contribution in [3.8, 4) is 22.4 Å². The van der Waals surface area contributed by atoms with E-state index < -0.39 is 0 Å². The summed E-state index contributed by atoms with van der Waals surface area (Å²) in [5.74, 6) is 0.547. The maximum Gasteiger partial charge on any atom is 0.162 e. The molecule has 1 N–H and O–H groups in total. The largest absolute Gasteiger partial charge is 0.512 e. The Kier molecular flexibility index (Phi) is 11.1. The Labute approximate surface area is 281 Å². The van der Waals surface area contributed by atoms with Gasteiger partial charge in [-0.1, -0.05) is 113 Å². The van der Waals surface area contributed by atoms with E-state index in [2.05, 4.69) is 86.6 Å². The monoisotopic (exact) mass is 776 g/mol. The minimum absolute atomic E-state index is 0. The zero-order valence-electron chi connectivity index (χ0n) is 27.1. The van der Waals surface area contributed by atoms with E-state index >= 15 is 0 Å². The second-order valence-corrected chi connectivity index (χ2v) is 12.2. The second-order valence-electron chi connectivity index (χ2n) is 12.2. The minimum Gasteiger partial charge on any atom is -0.512 e. The van der Waals surface area contributed by atoms with E-state index in [0.717, 1.165) is 64.8 Å². The first kappa shape index (κ1) is 34.2. The van der Waals surface area contributed by atoms with Gasteiger partial charge in [0.25, 0.3) is 0 Å². The van der Waals surface area contributed by atoms with Crippen molar-refractivity contribution in [2.75, 3.05) is 0 Å². The first-order valence-corrected chi connectivity index (χ1v) is 16.0.